The van der Waals surface area contributed by atoms with Crippen molar-refractivity contribution in [1.29, 1.82) is 0 Å². The lowest BCUT2D eigenvalue weighted by Crippen LogP contribution is -2.16. The molecule has 1 aromatic rings. The second-order valence-electron chi connectivity index (χ2n) is 6.57. The molecule has 20 heavy (non-hydrogen) atoms. The molecule has 0 radical (unpaired) electrons. The molecule has 1 unspecified atom stereocenters. The van der Waals surface area contributed by atoms with Crippen LogP contribution in [0.3, 0.4) is 0 Å². The lowest BCUT2D eigenvalue weighted by atomic mass is 9.90. The topological polar surface area (TPSA) is 52.3 Å². The number of nitrogens with zero attached hydrogens (tertiary/aromatic N) is 1. The quantitative estimate of drug-likeness (QED) is 0.692. The van der Waals surface area contributed by atoms with Crippen LogP contribution in [-0.2, 0) is 26.7 Å². The predicted molar refractivity (Wildman–Crippen MR) is 80.1 cm³/mol. The number of ether oxygens (including phenoxy) is 1. The molecule has 1 fully saturated rings. The van der Waals surface area contributed by atoms with Crippen LogP contribution in [0.5, 0.6) is 0 Å². The number of aromatic nitrogens is 1. The average molecular weight is 299 g/mol. The fraction of sp³-hybridized carbons (Fsp3) is 0.800. The highest BCUT2D eigenvalue weighted by Gasteiger charge is 2.23. The van der Waals surface area contributed by atoms with Crippen molar-refractivity contribution < 1.29 is 13.5 Å². The Morgan fingerprint density at radius 1 is 1.40 bits per heavy atom. The van der Waals surface area contributed by atoms with Crippen LogP contribution < -0.4 is 0 Å². The molecular weight excluding hydrogens is 274 g/mol. The summed E-state index contributed by atoms with van der Waals surface area (Å²) in [4.78, 5) is 0. The lowest BCUT2D eigenvalue weighted by Gasteiger charge is -2.16. The first-order valence-corrected chi connectivity index (χ1v) is 8.82. The fourth-order valence-electron chi connectivity index (χ4n) is 2.13. The van der Waals surface area contributed by atoms with Crippen LogP contribution in [0.4, 0.5) is 0 Å². The Bertz CT molecular complexity index is 446. The highest BCUT2D eigenvalue weighted by molar-refractivity contribution is 7.84. The van der Waals surface area contributed by atoms with Crippen molar-refractivity contribution in [1.82, 2.24) is 5.16 Å². The first-order chi connectivity index (χ1) is 9.47. The molecule has 1 saturated carbocycles. The summed E-state index contributed by atoms with van der Waals surface area (Å²) in [6.45, 7) is 7.63. The van der Waals surface area contributed by atoms with Crippen molar-refractivity contribution in [3.8, 4) is 0 Å². The summed E-state index contributed by atoms with van der Waals surface area (Å²) in [5.41, 5.74) is 1.78. The Morgan fingerprint density at radius 2 is 2.15 bits per heavy atom. The van der Waals surface area contributed by atoms with Gasteiger partial charge in [-0.1, -0.05) is 38.8 Å². The van der Waals surface area contributed by atoms with E-state index in [0.29, 0.717) is 18.1 Å². The second kappa shape index (κ2) is 6.85. The molecule has 1 aliphatic carbocycles. The van der Waals surface area contributed by atoms with E-state index in [1.165, 1.54) is 12.8 Å². The zero-order valence-corrected chi connectivity index (χ0v) is 13.5. The standard InChI is InChI=1S/C15H25NO3S/c1-15(2,3)14-13(10-19-16-14)11-20(17)9-8-18-7-6-12-4-5-12/h10,12H,4-9,11H2,1-3H3. The molecule has 5 heteroatoms. The number of rotatable bonds is 8. The molecule has 0 spiro atoms. The van der Waals surface area contributed by atoms with Gasteiger partial charge in [0.05, 0.1) is 18.1 Å². The molecule has 0 amide bonds. The van der Waals surface area contributed by atoms with Crippen LogP contribution in [0.25, 0.3) is 0 Å². The van der Waals surface area contributed by atoms with Gasteiger partial charge in [0.15, 0.2) is 0 Å². The molecular formula is C15H25NO3S. The first-order valence-electron chi connectivity index (χ1n) is 7.33. The van der Waals surface area contributed by atoms with Gasteiger partial charge in [-0.25, -0.2) is 0 Å². The maximum Gasteiger partial charge on any atom is 0.128 e. The van der Waals surface area contributed by atoms with Crippen LogP contribution in [-0.4, -0.2) is 28.3 Å². The molecule has 1 aromatic heterocycles. The molecule has 0 aliphatic heterocycles. The van der Waals surface area contributed by atoms with Gasteiger partial charge in [0.25, 0.3) is 0 Å². The summed E-state index contributed by atoms with van der Waals surface area (Å²) in [7, 11) is -0.918. The molecule has 0 bridgehead atoms. The van der Waals surface area contributed by atoms with Gasteiger partial charge in [0, 0.05) is 34.1 Å². The Labute approximate surface area is 123 Å². The third-order valence-corrected chi connectivity index (χ3v) is 4.75. The van der Waals surface area contributed by atoms with Crippen molar-refractivity contribution in [2.75, 3.05) is 19.0 Å². The molecule has 0 saturated heterocycles. The van der Waals surface area contributed by atoms with E-state index in [2.05, 4.69) is 25.9 Å². The summed E-state index contributed by atoms with van der Waals surface area (Å²) in [6.07, 6.45) is 5.50. The molecule has 0 aromatic carbocycles. The van der Waals surface area contributed by atoms with Crippen molar-refractivity contribution >= 4 is 10.8 Å². The summed E-state index contributed by atoms with van der Waals surface area (Å²) in [6, 6.07) is 0. The van der Waals surface area contributed by atoms with Crippen LogP contribution >= 0.6 is 0 Å². The highest BCUT2D eigenvalue weighted by atomic mass is 32.2. The molecule has 114 valence electrons. The van der Waals surface area contributed by atoms with Crippen LogP contribution in [0.1, 0.15) is 51.3 Å². The van der Waals surface area contributed by atoms with E-state index in [1.807, 2.05) is 0 Å². The largest absolute Gasteiger partial charge is 0.380 e. The van der Waals surface area contributed by atoms with Gasteiger partial charge in [0.2, 0.25) is 0 Å². The zero-order valence-electron chi connectivity index (χ0n) is 12.7. The second-order valence-corrected chi connectivity index (χ2v) is 8.15. The average Bonchev–Trinajstić information content (AvgIpc) is 3.05. The summed E-state index contributed by atoms with van der Waals surface area (Å²) < 4.78 is 22.6. The minimum absolute atomic E-state index is 0.0761. The molecule has 2 rings (SSSR count). The van der Waals surface area contributed by atoms with E-state index in [0.717, 1.165) is 30.2 Å². The van der Waals surface area contributed by atoms with Gasteiger partial charge in [-0.2, -0.15) is 0 Å². The Morgan fingerprint density at radius 3 is 2.80 bits per heavy atom. The van der Waals surface area contributed by atoms with E-state index in [-0.39, 0.29) is 5.41 Å². The van der Waals surface area contributed by atoms with Gasteiger partial charge in [-0.05, 0) is 12.3 Å². The first kappa shape index (κ1) is 15.7. The van der Waals surface area contributed by atoms with Crippen molar-refractivity contribution in [3.05, 3.63) is 17.5 Å². The highest BCUT2D eigenvalue weighted by Crippen LogP contribution is 2.32. The van der Waals surface area contributed by atoms with E-state index in [1.54, 1.807) is 6.26 Å². The predicted octanol–water partition coefficient (Wildman–Crippen LogP) is 3.04. The minimum Gasteiger partial charge on any atom is -0.380 e. The van der Waals surface area contributed by atoms with E-state index in [4.69, 9.17) is 9.26 Å². The number of hydrogen-bond donors (Lipinski definition) is 0. The van der Waals surface area contributed by atoms with Crippen LogP contribution in [0, 0.1) is 5.92 Å². The SMILES string of the molecule is CC(C)(C)c1nocc1CS(=O)CCOCCC1CC1. The van der Waals surface area contributed by atoms with Gasteiger partial charge in [-0.3, -0.25) is 4.21 Å². The van der Waals surface area contributed by atoms with Crippen molar-refractivity contribution in [2.24, 2.45) is 5.92 Å². The zero-order chi connectivity index (χ0) is 14.6. The van der Waals surface area contributed by atoms with Crippen LogP contribution in [0.2, 0.25) is 0 Å². The maximum atomic E-state index is 12.1. The summed E-state index contributed by atoms with van der Waals surface area (Å²) in [5.74, 6) is 1.98. The third kappa shape index (κ3) is 5.02. The minimum atomic E-state index is -0.918. The van der Waals surface area contributed by atoms with Crippen LogP contribution in [0.15, 0.2) is 10.8 Å². The van der Waals surface area contributed by atoms with Gasteiger partial charge >= 0.3 is 0 Å². The molecule has 0 N–H and O–H groups in total. The molecule has 4 nitrogen and oxygen atoms in total. The number of hydrogen-bond acceptors (Lipinski definition) is 4. The summed E-state index contributed by atoms with van der Waals surface area (Å²) in [5, 5.41) is 4.04. The Balaban J connectivity index is 1.69. The van der Waals surface area contributed by atoms with E-state index < -0.39 is 10.8 Å². The van der Waals surface area contributed by atoms with Gasteiger partial charge in [0.1, 0.15) is 6.26 Å². The lowest BCUT2D eigenvalue weighted by molar-refractivity contribution is 0.143. The molecule has 1 atom stereocenters. The van der Waals surface area contributed by atoms with Crippen molar-refractivity contribution in [2.45, 2.75) is 51.2 Å². The van der Waals surface area contributed by atoms with E-state index in [9.17, 15) is 4.21 Å². The Kier molecular flexibility index (Phi) is 5.38. The van der Waals surface area contributed by atoms with E-state index >= 15 is 0 Å². The smallest absolute Gasteiger partial charge is 0.128 e. The van der Waals surface area contributed by atoms with Crippen molar-refractivity contribution in [3.63, 3.8) is 0 Å². The molecule has 1 heterocycles. The molecule has 1 aliphatic rings. The maximum absolute atomic E-state index is 12.1. The van der Waals surface area contributed by atoms with Gasteiger partial charge in [-0.15, -0.1) is 0 Å². The summed E-state index contributed by atoms with van der Waals surface area (Å²) >= 11 is 0. The fourth-order valence-corrected chi connectivity index (χ4v) is 3.13. The monoisotopic (exact) mass is 299 g/mol. The normalized spacial score (nSPS) is 17.4. The van der Waals surface area contributed by atoms with Gasteiger partial charge < -0.3 is 9.26 Å². The Hall–Kier alpha value is -0.680. The third-order valence-electron chi connectivity index (χ3n) is 3.49.